The molecule has 0 aliphatic carbocycles. The molecule has 2 N–H and O–H groups in total. The largest absolute Gasteiger partial charge is 0.390 e. The van der Waals surface area contributed by atoms with Crippen LogP contribution in [0, 0.1) is 6.92 Å². The summed E-state index contributed by atoms with van der Waals surface area (Å²) in [6.45, 7) is 6.78. The van der Waals surface area contributed by atoms with Gasteiger partial charge in [-0.1, -0.05) is 0 Å². The first kappa shape index (κ1) is 16.1. The molecule has 0 bridgehead atoms. The Bertz CT molecular complexity index is 669. The van der Waals surface area contributed by atoms with Gasteiger partial charge < -0.3 is 10.4 Å². The molecule has 1 amide bonds. The molecule has 2 atom stereocenters. The molecule has 0 aromatic carbocycles. The van der Waals surface area contributed by atoms with E-state index in [-0.39, 0.29) is 11.9 Å². The SMILES string of the molecule is CCn1cc(CN2C[C@@H](O)[C@H](NC(=O)c3cscn3)C2)c(C)n1. The van der Waals surface area contributed by atoms with Crippen LogP contribution in [0.4, 0.5) is 0 Å². The molecule has 0 radical (unpaired) electrons. The van der Waals surface area contributed by atoms with E-state index in [2.05, 4.69) is 27.2 Å². The van der Waals surface area contributed by atoms with Gasteiger partial charge in [-0.3, -0.25) is 14.4 Å². The number of rotatable bonds is 5. The summed E-state index contributed by atoms with van der Waals surface area (Å²) in [5, 5.41) is 19.2. The molecule has 124 valence electrons. The van der Waals surface area contributed by atoms with Crippen LogP contribution in [-0.2, 0) is 13.1 Å². The molecule has 0 saturated carbocycles. The minimum Gasteiger partial charge on any atom is -0.390 e. The quantitative estimate of drug-likeness (QED) is 0.838. The van der Waals surface area contributed by atoms with Gasteiger partial charge in [0, 0.05) is 43.3 Å². The second kappa shape index (κ2) is 6.77. The van der Waals surface area contributed by atoms with Crippen molar-refractivity contribution in [3.8, 4) is 0 Å². The Labute approximate surface area is 138 Å². The Hall–Kier alpha value is -1.77. The predicted molar refractivity (Wildman–Crippen MR) is 87.3 cm³/mol. The van der Waals surface area contributed by atoms with Crippen molar-refractivity contribution in [3.63, 3.8) is 0 Å². The van der Waals surface area contributed by atoms with Crippen molar-refractivity contribution in [2.75, 3.05) is 13.1 Å². The molecule has 2 aromatic rings. The normalized spacial score (nSPS) is 21.7. The number of aromatic nitrogens is 3. The van der Waals surface area contributed by atoms with Gasteiger partial charge in [0.15, 0.2) is 0 Å². The molecular formula is C15H21N5O2S. The Morgan fingerprint density at radius 3 is 3.00 bits per heavy atom. The van der Waals surface area contributed by atoms with E-state index in [0.29, 0.717) is 18.8 Å². The van der Waals surface area contributed by atoms with Crippen LogP contribution in [-0.4, -0.2) is 55.9 Å². The maximum atomic E-state index is 12.1. The van der Waals surface area contributed by atoms with E-state index in [4.69, 9.17) is 0 Å². The zero-order chi connectivity index (χ0) is 16.4. The lowest BCUT2D eigenvalue weighted by Gasteiger charge is -2.16. The van der Waals surface area contributed by atoms with E-state index >= 15 is 0 Å². The van der Waals surface area contributed by atoms with Crippen LogP contribution in [0.2, 0.25) is 0 Å². The highest BCUT2D eigenvalue weighted by Crippen LogP contribution is 2.16. The van der Waals surface area contributed by atoms with Crippen molar-refractivity contribution < 1.29 is 9.90 Å². The molecule has 8 heteroatoms. The number of hydrogen-bond acceptors (Lipinski definition) is 6. The highest BCUT2D eigenvalue weighted by atomic mass is 32.1. The van der Waals surface area contributed by atoms with E-state index in [1.807, 2.05) is 17.8 Å². The zero-order valence-corrected chi connectivity index (χ0v) is 14.1. The topological polar surface area (TPSA) is 83.3 Å². The van der Waals surface area contributed by atoms with Crippen molar-refractivity contribution >= 4 is 17.2 Å². The molecular weight excluding hydrogens is 314 g/mol. The summed E-state index contributed by atoms with van der Waals surface area (Å²) >= 11 is 1.38. The lowest BCUT2D eigenvalue weighted by atomic mass is 10.2. The lowest BCUT2D eigenvalue weighted by molar-refractivity contribution is 0.0884. The van der Waals surface area contributed by atoms with Crippen LogP contribution < -0.4 is 5.32 Å². The van der Waals surface area contributed by atoms with E-state index in [1.54, 1.807) is 10.9 Å². The van der Waals surface area contributed by atoms with Crippen LogP contribution in [0.5, 0.6) is 0 Å². The third-order valence-corrected chi connectivity index (χ3v) is 4.70. The number of nitrogens with one attached hydrogen (secondary N) is 1. The summed E-state index contributed by atoms with van der Waals surface area (Å²) < 4.78 is 1.92. The van der Waals surface area contributed by atoms with Gasteiger partial charge in [-0.05, 0) is 13.8 Å². The molecule has 2 aromatic heterocycles. The third kappa shape index (κ3) is 3.60. The first-order valence-electron chi connectivity index (χ1n) is 7.69. The van der Waals surface area contributed by atoms with Crippen LogP contribution in [0.15, 0.2) is 17.1 Å². The fourth-order valence-corrected chi connectivity index (χ4v) is 3.35. The second-order valence-corrected chi connectivity index (χ2v) is 6.53. The number of aliphatic hydroxyl groups is 1. The van der Waals surface area contributed by atoms with Crippen molar-refractivity contribution in [2.45, 2.75) is 39.1 Å². The maximum Gasteiger partial charge on any atom is 0.271 e. The minimum atomic E-state index is -0.570. The first-order valence-corrected chi connectivity index (χ1v) is 8.63. The molecule has 7 nitrogen and oxygen atoms in total. The first-order chi connectivity index (χ1) is 11.1. The molecule has 0 unspecified atom stereocenters. The van der Waals surface area contributed by atoms with Crippen LogP contribution in [0.25, 0.3) is 0 Å². The number of likely N-dealkylation sites (tertiary alicyclic amines) is 1. The number of amides is 1. The highest BCUT2D eigenvalue weighted by molar-refractivity contribution is 7.07. The van der Waals surface area contributed by atoms with Crippen LogP contribution in [0.1, 0.15) is 28.7 Å². The predicted octanol–water partition coefficient (Wildman–Crippen LogP) is 0.643. The molecule has 0 spiro atoms. The van der Waals surface area contributed by atoms with Crippen LogP contribution >= 0.6 is 11.3 Å². The smallest absolute Gasteiger partial charge is 0.271 e. The molecule has 1 aliphatic rings. The monoisotopic (exact) mass is 335 g/mol. The number of thiazole rings is 1. The minimum absolute atomic E-state index is 0.230. The number of carbonyl (C=O) groups excluding carboxylic acids is 1. The highest BCUT2D eigenvalue weighted by Gasteiger charge is 2.33. The van der Waals surface area contributed by atoms with E-state index in [1.165, 1.54) is 11.3 Å². The summed E-state index contributed by atoms with van der Waals surface area (Å²) in [6, 6.07) is -0.272. The maximum absolute atomic E-state index is 12.1. The fourth-order valence-electron chi connectivity index (χ4n) is 2.82. The van der Waals surface area contributed by atoms with E-state index in [0.717, 1.165) is 24.3 Å². The van der Waals surface area contributed by atoms with E-state index < -0.39 is 6.10 Å². The number of nitrogens with zero attached hydrogens (tertiary/aromatic N) is 4. The second-order valence-electron chi connectivity index (χ2n) is 5.81. The zero-order valence-electron chi connectivity index (χ0n) is 13.3. The van der Waals surface area contributed by atoms with Gasteiger partial charge in [0.25, 0.3) is 5.91 Å². The van der Waals surface area contributed by atoms with Gasteiger partial charge in [0.05, 0.1) is 23.4 Å². The van der Waals surface area contributed by atoms with Gasteiger partial charge in [-0.2, -0.15) is 5.10 Å². The molecule has 1 aliphatic heterocycles. The lowest BCUT2D eigenvalue weighted by Crippen LogP contribution is -2.42. The molecule has 23 heavy (non-hydrogen) atoms. The Morgan fingerprint density at radius 2 is 2.35 bits per heavy atom. The number of hydrogen-bond donors (Lipinski definition) is 2. The Balaban J connectivity index is 1.59. The summed E-state index contributed by atoms with van der Waals surface area (Å²) in [5.41, 5.74) is 4.20. The van der Waals surface area contributed by atoms with Crippen LogP contribution in [0.3, 0.4) is 0 Å². The average molecular weight is 335 g/mol. The molecule has 3 rings (SSSR count). The van der Waals surface area contributed by atoms with Gasteiger partial charge in [0.2, 0.25) is 0 Å². The third-order valence-electron chi connectivity index (χ3n) is 4.11. The molecule has 1 saturated heterocycles. The Morgan fingerprint density at radius 1 is 1.52 bits per heavy atom. The fraction of sp³-hybridized carbons (Fsp3) is 0.533. The van der Waals surface area contributed by atoms with Gasteiger partial charge in [0.1, 0.15) is 5.69 Å². The van der Waals surface area contributed by atoms with Crippen molar-refractivity contribution in [3.05, 3.63) is 34.0 Å². The van der Waals surface area contributed by atoms with Crippen molar-refractivity contribution in [1.29, 1.82) is 0 Å². The Kier molecular flexibility index (Phi) is 4.74. The number of aliphatic hydroxyl groups excluding tert-OH is 1. The number of β-amino-alcohol motifs (C(OH)–C–C–N with tert-alkyl or cyclic N) is 1. The number of carbonyl (C=O) groups is 1. The van der Waals surface area contributed by atoms with Gasteiger partial charge in [-0.15, -0.1) is 11.3 Å². The van der Waals surface area contributed by atoms with Crippen molar-refractivity contribution in [2.24, 2.45) is 0 Å². The summed E-state index contributed by atoms with van der Waals surface area (Å²) in [6.07, 6.45) is 1.47. The van der Waals surface area contributed by atoms with Gasteiger partial charge in [-0.25, -0.2) is 4.98 Å². The standard InChI is InChI=1S/C15H21N5O2S/c1-3-20-5-11(10(2)18-20)4-19-6-12(14(21)7-19)17-15(22)13-8-23-9-16-13/h5,8-9,12,14,21H,3-4,6-7H2,1-2H3,(H,17,22)/t12-,14-/m1/s1. The average Bonchev–Trinajstić information content (AvgIpc) is 3.22. The molecule has 3 heterocycles. The molecule has 1 fully saturated rings. The summed E-state index contributed by atoms with van der Waals surface area (Å²) in [5.74, 6) is -0.230. The van der Waals surface area contributed by atoms with Gasteiger partial charge >= 0.3 is 0 Å². The summed E-state index contributed by atoms with van der Waals surface area (Å²) in [7, 11) is 0. The number of aryl methyl sites for hydroxylation is 2. The van der Waals surface area contributed by atoms with E-state index in [9.17, 15) is 9.90 Å². The van der Waals surface area contributed by atoms with Crippen molar-refractivity contribution in [1.82, 2.24) is 25.0 Å². The summed E-state index contributed by atoms with van der Waals surface area (Å²) in [4.78, 5) is 18.2.